The van der Waals surface area contributed by atoms with Crippen molar-refractivity contribution < 1.29 is 32.7 Å². The Labute approximate surface area is 242 Å². The van der Waals surface area contributed by atoms with E-state index in [0.717, 1.165) is 6.07 Å². The van der Waals surface area contributed by atoms with E-state index in [0.29, 0.717) is 5.56 Å². The first kappa shape index (κ1) is 30.0. The lowest BCUT2D eigenvalue weighted by molar-refractivity contribution is -0.0504. The molecule has 1 aliphatic heterocycles. The third-order valence-corrected chi connectivity index (χ3v) is 6.31. The predicted octanol–water partition coefficient (Wildman–Crippen LogP) is 5.86. The molecule has 3 aromatic rings. The van der Waals surface area contributed by atoms with Gasteiger partial charge in [-0.1, -0.05) is 30.6 Å². The van der Waals surface area contributed by atoms with Crippen molar-refractivity contribution in [1.29, 1.82) is 5.26 Å². The molecule has 0 N–H and O–H groups in total. The van der Waals surface area contributed by atoms with Gasteiger partial charge in [0.05, 0.1) is 35.9 Å². The Morgan fingerprint density at radius 3 is 2.73 bits per heavy atom. The van der Waals surface area contributed by atoms with Crippen molar-refractivity contribution in [1.82, 2.24) is 20.0 Å². The molecular formula is C28H31ClFN5O6. The quantitative estimate of drug-likeness (QED) is 0.300. The molecule has 0 aliphatic carbocycles. The van der Waals surface area contributed by atoms with E-state index in [-0.39, 0.29) is 71.3 Å². The molecule has 1 fully saturated rings. The van der Waals surface area contributed by atoms with Gasteiger partial charge in [0.1, 0.15) is 24.0 Å². The van der Waals surface area contributed by atoms with Gasteiger partial charge < -0.3 is 23.5 Å². The van der Waals surface area contributed by atoms with Gasteiger partial charge in [0.15, 0.2) is 11.6 Å². The van der Waals surface area contributed by atoms with Crippen LogP contribution in [0.4, 0.5) is 9.18 Å². The molecule has 13 heteroatoms. The summed E-state index contributed by atoms with van der Waals surface area (Å²) in [6.07, 6.45) is 0.740. The van der Waals surface area contributed by atoms with E-state index < -0.39 is 23.7 Å². The maximum absolute atomic E-state index is 15.1. The molecule has 1 saturated heterocycles. The maximum atomic E-state index is 15.1. The predicted molar refractivity (Wildman–Crippen MR) is 146 cm³/mol. The molecule has 1 aromatic carbocycles. The molecule has 1 aliphatic rings. The number of nitrogens with zero attached hydrogens (tertiary/aromatic N) is 5. The van der Waals surface area contributed by atoms with Crippen LogP contribution in [0.1, 0.15) is 47.1 Å². The number of benzene rings is 1. The average Bonchev–Trinajstić information content (AvgIpc) is 3.51. The van der Waals surface area contributed by atoms with Crippen LogP contribution in [0.25, 0.3) is 22.8 Å². The Balaban J connectivity index is 1.49. The summed E-state index contributed by atoms with van der Waals surface area (Å²) in [4.78, 5) is 22.7. The third kappa shape index (κ3) is 6.86. The molecule has 1 amide bonds. The standard InChI is InChI=1S/C28H31ClFN5O6/c1-15(2)12-38-27(36)35-19(14-39-28(35,5)6)13-37-23-9-21(29)20(8-22(23)30)24-33-26(41-34-24)18-7-17(10-31)25(32-11-18)40-16(3)4/h7-9,11,15-16,19H,12-14H2,1-6H3/t19-/m0/s1. The van der Waals surface area contributed by atoms with Crippen LogP contribution >= 0.6 is 11.6 Å². The highest BCUT2D eigenvalue weighted by atomic mass is 35.5. The minimum atomic E-state index is -0.913. The van der Waals surface area contributed by atoms with Crippen LogP contribution in [-0.2, 0) is 9.47 Å². The highest BCUT2D eigenvalue weighted by molar-refractivity contribution is 6.33. The minimum absolute atomic E-state index is 0.0291. The van der Waals surface area contributed by atoms with Gasteiger partial charge in [-0.05, 0) is 45.7 Å². The molecule has 0 radical (unpaired) electrons. The monoisotopic (exact) mass is 587 g/mol. The summed E-state index contributed by atoms with van der Waals surface area (Å²) in [5.74, 6) is -0.388. The van der Waals surface area contributed by atoms with Crippen molar-refractivity contribution in [2.75, 3.05) is 19.8 Å². The lowest BCUT2D eigenvalue weighted by Gasteiger charge is -2.32. The number of rotatable bonds is 9. The van der Waals surface area contributed by atoms with Crippen LogP contribution < -0.4 is 9.47 Å². The SMILES string of the molecule is CC(C)COC(=O)N1[C@@H](COc2cc(Cl)c(-c3noc(-c4cnc(OC(C)C)c(C#N)c4)n3)cc2F)COC1(C)C. The first-order valence-corrected chi connectivity index (χ1v) is 13.4. The second-order valence-electron chi connectivity index (χ2n) is 10.6. The molecular weight excluding hydrogens is 557 g/mol. The zero-order valence-corrected chi connectivity index (χ0v) is 24.4. The van der Waals surface area contributed by atoms with Crippen molar-refractivity contribution in [2.45, 2.75) is 59.4 Å². The molecule has 0 saturated carbocycles. The molecule has 4 rings (SSSR count). The second kappa shape index (κ2) is 12.3. The van der Waals surface area contributed by atoms with Gasteiger partial charge in [-0.3, -0.25) is 4.90 Å². The number of nitriles is 1. The third-order valence-electron chi connectivity index (χ3n) is 6.00. The van der Waals surface area contributed by atoms with Crippen LogP contribution in [0, 0.1) is 23.1 Å². The van der Waals surface area contributed by atoms with E-state index in [1.54, 1.807) is 13.8 Å². The Bertz CT molecular complexity index is 1450. The fourth-order valence-corrected chi connectivity index (χ4v) is 4.33. The minimum Gasteiger partial charge on any atom is -0.488 e. The highest BCUT2D eigenvalue weighted by Gasteiger charge is 2.45. The summed E-state index contributed by atoms with van der Waals surface area (Å²) in [5.41, 5.74) is -0.163. The largest absolute Gasteiger partial charge is 0.488 e. The average molecular weight is 588 g/mol. The van der Waals surface area contributed by atoms with Gasteiger partial charge >= 0.3 is 6.09 Å². The molecule has 11 nitrogen and oxygen atoms in total. The molecule has 0 unspecified atom stereocenters. The summed E-state index contributed by atoms with van der Waals surface area (Å²) >= 11 is 6.45. The number of hydrogen-bond donors (Lipinski definition) is 0. The smallest absolute Gasteiger partial charge is 0.412 e. The second-order valence-corrected chi connectivity index (χ2v) is 11.0. The van der Waals surface area contributed by atoms with E-state index in [9.17, 15) is 10.1 Å². The first-order valence-electron chi connectivity index (χ1n) is 13.0. The van der Waals surface area contributed by atoms with Crippen LogP contribution in [0.5, 0.6) is 11.6 Å². The molecule has 41 heavy (non-hydrogen) atoms. The Hall–Kier alpha value is -3.95. The van der Waals surface area contributed by atoms with Crippen molar-refractivity contribution >= 4 is 17.7 Å². The number of aromatic nitrogens is 3. The van der Waals surface area contributed by atoms with Gasteiger partial charge in [0.25, 0.3) is 5.89 Å². The van der Waals surface area contributed by atoms with Crippen LogP contribution in [-0.4, -0.2) is 63.8 Å². The van der Waals surface area contributed by atoms with E-state index in [2.05, 4.69) is 15.1 Å². The zero-order valence-electron chi connectivity index (χ0n) is 23.6. The summed E-state index contributed by atoms with van der Waals surface area (Å²) in [6, 6.07) is 5.47. The van der Waals surface area contributed by atoms with Gasteiger partial charge in [-0.2, -0.15) is 10.2 Å². The van der Waals surface area contributed by atoms with Crippen molar-refractivity contribution in [3.8, 4) is 40.5 Å². The number of amides is 1. The van der Waals surface area contributed by atoms with Crippen LogP contribution in [0.15, 0.2) is 28.9 Å². The number of carbonyl (C=O) groups excluding carboxylic acids is 1. The normalized spacial score (nSPS) is 16.2. The first-order chi connectivity index (χ1) is 19.4. The molecule has 218 valence electrons. The molecule has 2 aromatic heterocycles. The van der Waals surface area contributed by atoms with Crippen LogP contribution in [0.3, 0.4) is 0 Å². The molecule has 3 heterocycles. The summed E-state index contributed by atoms with van der Waals surface area (Å²) in [5, 5.41) is 13.5. The Morgan fingerprint density at radius 1 is 1.29 bits per heavy atom. The van der Waals surface area contributed by atoms with Crippen LogP contribution in [0.2, 0.25) is 5.02 Å². The number of pyridine rings is 1. The van der Waals surface area contributed by atoms with Gasteiger partial charge in [-0.15, -0.1) is 0 Å². The fraction of sp³-hybridized carbons (Fsp3) is 0.464. The summed E-state index contributed by atoms with van der Waals surface area (Å²) in [6.45, 7) is 11.4. The van der Waals surface area contributed by atoms with Crippen molar-refractivity contribution in [2.24, 2.45) is 5.92 Å². The topological polar surface area (TPSA) is 133 Å². The lowest BCUT2D eigenvalue weighted by Crippen LogP contribution is -2.50. The lowest BCUT2D eigenvalue weighted by atomic mass is 10.2. The molecule has 0 bridgehead atoms. The zero-order chi connectivity index (χ0) is 29.9. The molecule has 1 atom stereocenters. The number of carbonyl (C=O) groups is 1. The van der Waals surface area contributed by atoms with E-state index in [4.69, 9.17) is 35.1 Å². The van der Waals surface area contributed by atoms with Gasteiger partial charge in [0, 0.05) is 17.8 Å². The van der Waals surface area contributed by atoms with Crippen molar-refractivity contribution in [3.63, 3.8) is 0 Å². The van der Waals surface area contributed by atoms with Gasteiger partial charge in [-0.25, -0.2) is 14.2 Å². The van der Waals surface area contributed by atoms with Gasteiger partial charge in [0.2, 0.25) is 11.7 Å². The maximum Gasteiger partial charge on any atom is 0.412 e. The van der Waals surface area contributed by atoms with E-state index in [1.165, 1.54) is 23.2 Å². The number of halogens is 2. The Kier molecular flexibility index (Phi) is 8.99. The van der Waals surface area contributed by atoms with Crippen molar-refractivity contribution in [3.05, 3.63) is 40.8 Å². The van der Waals surface area contributed by atoms with E-state index >= 15 is 4.39 Å². The Morgan fingerprint density at radius 2 is 2.05 bits per heavy atom. The number of hydrogen-bond acceptors (Lipinski definition) is 10. The molecule has 0 spiro atoms. The fourth-order valence-electron chi connectivity index (χ4n) is 4.10. The summed E-state index contributed by atoms with van der Waals surface area (Å²) < 4.78 is 42.9. The summed E-state index contributed by atoms with van der Waals surface area (Å²) in [7, 11) is 0. The highest BCUT2D eigenvalue weighted by Crippen LogP contribution is 2.35. The van der Waals surface area contributed by atoms with E-state index in [1.807, 2.05) is 33.8 Å². The number of ether oxygens (including phenoxy) is 4.